The number of aliphatic hydroxyl groups excluding tert-OH is 1. The fraction of sp³-hybridized carbons (Fsp3) is 0.333. The second kappa shape index (κ2) is 6.70. The molecule has 2 amide bonds. The summed E-state index contributed by atoms with van der Waals surface area (Å²) < 4.78 is 12.8. The van der Waals surface area contributed by atoms with Crippen molar-refractivity contribution >= 4 is 11.8 Å². The second-order valence-electron chi connectivity index (χ2n) is 3.85. The monoisotopic (exact) mass is 254 g/mol. The molecule has 0 bridgehead atoms. The van der Waals surface area contributed by atoms with Crippen molar-refractivity contribution in [2.45, 2.75) is 13.0 Å². The van der Waals surface area contributed by atoms with Crippen LogP contribution in [0, 0.1) is 5.82 Å². The highest BCUT2D eigenvalue weighted by Crippen LogP contribution is 2.02. The first-order valence-corrected chi connectivity index (χ1v) is 5.47. The minimum Gasteiger partial charge on any atom is -0.392 e. The summed E-state index contributed by atoms with van der Waals surface area (Å²) in [6, 6.07) is 5.18. The van der Waals surface area contributed by atoms with Gasteiger partial charge in [-0.05, 0) is 25.1 Å². The van der Waals surface area contributed by atoms with E-state index >= 15 is 0 Å². The van der Waals surface area contributed by atoms with Gasteiger partial charge >= 0.3 is 0 Å². The van der Waals surface area contributed by atoms with Crippen LogP contribution in [0.5, 0.6) is 0 Å². The number of nitrogens with one attached hydrogen (secondary N) is 2. The van der Waals surface area contributed by atoms with E-state index in [0.29, 0.717) is 0 Å². The fourth-order valence-electron chi connectivity index (χ4n) is 1.22. The molecule has 0 spiro atoms. The van der Waals surface area contributed by atoms with E-state index < -0.39 is 23.7 Å². The summed E-state index contributed by atoms with van der Waals surface area (Å²) in [7, 11) is 0. The normalized spacial score (nSPS) is 11.7. The third-order valence-electron chi connectivity index (χ3n) is 2.09. The molecule has 0 saturated heterocycles. The lowest BCUT2D eigenvalue weighted by Crippen LogP contribution is -2.39. The molecule has 0 heterocycles. The van der Waals surface area contributed by atoms with Crippen molar-refractivity contribution in [2.75, 3.05) is 13.1 Å². The summed E-state index contributed by atoms with van der Waals surface area (Å²) in [6.45, 7) is 1.43. The molecule has 5 nitrogen and oxygen atoms in total. The average molecular weight is 254 g/mol. The van der Waals surface area contributed by atoms with Crippen molar-refractivity contribution < 1.29 is 19.1 Å². The number of carbonyl (C=O) groups is 2. The number of aliphatic hydroxyl groups is 1. The van der Waals surface area contributed by atoms with Gasteiger partial charge in [-0.1, -0.05) is 6.07 Å². The molecule has 0 saturated carbocycles. The number of benzene rings is 1. The summed E-state index contributed by atoms with van der Waals surface area (Å²) in [5, 5.41) is 13.7. The zero-order chi connectivity index (χ0) is 13.5. The zero-order valence-electron chi connectivity index (χ0n) is 9.94. The summed E-state index contributed by atoms with van der Waals surface area (Å²) in [6.07, 6.45) is -0.645. The molecule has 1 unspecified atom stereocenters. The Labute approximate surface area is 104 Å². The maximum atomic E-state index is 12.8. The molecule has 1 aromatic carbocycles. The average Bonchev–Trinajstić information content (AvgIpc) is 2.33. The maximum Gasteiger partial charge on any atom is 0.251 e. The van der Waals surface area contributed by atoms with Crippen molar-refractivity contribution in [3.8, 4) is 0 Å². The minimum absolute atomic E-state index is 0.120. The van der Waals surface area contributed by atoms with Crippen LogP contribution in [0.2, 0.25) is 0 Å². The third kappa shape index (κ3) is 4.92. The van der Waals surface area contributed by atoms with Crippen LogP contribution in [0.1, 0.15) is 17.3 Å². The molecule has 0 aromatic heterocycles. The molecule has 6 heteroatoms. The van der Waals surface area contributed by atoms with E-state index in [4.69, 9.17) is 5.11 Å². The van der Waals surface area contributed by atoms with E-state index in [1.807, 2.05) is 0 Å². The van der Waals surface area contributed by atoms with Gasteiger partial charge in [-0.2, -0.15) is 0 Å². The van der Waals surface area contributed by atoms with Gasteiger partial charge in [-0.15, -0.1) is 0 Å². The van der Waals surface area contributed by atoms with E-state index in [9.17, 15) is 14.0 Å². The summed E-state index contributed by atoms with van der Waals surface area (Å²) in [5.41, 5.74) is 0.151. The molecule has 98 valence electrons. The Morgan fingerprint density at radius 1 is 1.39 bits per heavy atom. The number of carbonyl (C=O) groups excluding carboxylic acids is 2. The SMILES string of the molecule is CC(O)CNC(=O)CNC(=O)c1cccc(F)c1. The Balaban J connectivity index is 2.39. The Morgan fingerprint density at radius 3 is 2.72 bits per heavy atom. The molecule has 0 aliphatic rings. The molecule has 0 radical (unpaired) electrons. The number of amides is 2. The molecule has 1 atom stereocenters. The molecule has 0 aliphatic heterocycles. The van der Waals surface area contributed by atoms with Crippen molar-refractivity contribution in [1.82, 2.24) is 10.6 Å². The van der Waals surface area contributed by atoms with Crippen LogP contribution < -0.4 is 10.6 Å². The first kappa shape index (κ1) is 14.1. The molecule has 0 aliphatic carbocycles. The van der Waals surface area contributed by atoms with Crippen LogP contribution >= 0.6 is 0 Å². The lowest BCUT2D eigenvalue weighted by molar-refractivity contribution is -0.120. The highest BCUT2D eigenvalue weighted by atomic mass is 19.1. The minimum atomic E-state index is -0.645. The maximum absolute atomic E-state index is 12.8. The topological polar surface area (TPSA) is 78.4 Å². The second-order valence-corrected chi connectivity index (χ2v) is 3.85. The molecule has 1 rings (SSSR count). The van der Waals surface area contributed by atoms with Crippen LogP contribution in [-0.2, 0) is 4.79 Å². The first-order valence-electron chi connectivity index (χ1n) is 5.47. The predicted octanol–water partition coefficient (Wildman–Crippen LogP) is 0.0525. The Kier molecular flexibility index (Phi) is 5.26. The van der Waals surface area contributed by atoms with Crippen molar-refractivity contribution in [3.05, 3.63) is 35.6 Å². The molecular weight excluding hydrogens is 239 g/mol. The van der Waals surface area contributed by atoms with Gasteiger partial charge in [0.25, 0.3) is 5.91 Å². The number of hydrogen-bond donors (Lipinski definition) is 3. The van der Waals surface area contributed by atoms with E-state index in [1.165, 1.54) is 25.1 Å². The smallest absolute Gasteiger partial charge is 0.251 e. The van der Waals surface area contributed by atoms with Crippen LogP contribution in [-0.4, -0.2) is 36.1 Å². The zero-order valence-corrected chi connectivity index (χ0v) is 9.94. The lowest BCUT2D eigenvalue weighted by Gasteiger charge is -2.08. The van der Waals surface area contributed by atoms with Crippen molar-refractivity contribution in [1.29, 1.82) is 0 Å². The van der Waals surface area contributed by atoms with Gasteiger partial charge in [0.1, 0.15) is 5.82 Å². The Hall–Kier alpha value is -1.95. The van der Waals surface area contributed by atoms with Gasteiger partial charge in [0.05, 0.1) is 12.6 Å². The van der Waals surface area contributed by atoms with Crippen LogP contribution in [0.25, 0.3) is 0 Å². The van der Waals surface area contributed by atoms with Crippen LogP contribution in [0.4, 0.5) is 4.39 Å². The standard InChI is InChI=1S/C12H15FN2O3/c1-8(16)6-14-11(17)7-15-12(18)9-3-2-4-10(13)5-9/h2-5,8,16H,6-7H2,1H3,(H,14,17)(H,15,18). The van der Waals surface area contributed by atoms with Gasteiger partial charge in [-0.3, -0.25) is 9.59 Å². The Morgan fingerprint density at radius 2 is 2.11 bits per heavy atom. The largest absolute Gasteiger partial charge is 0.392 e. The number of hydrogen-bond acceptors (Lipinski definition) is 3. The lowest BCUT2D eigenvalue weighted by atomic mass is 10.2. The third-order valence-corrected chi connectivity index (χ3v) is 2.09. The molecule has 1 aromatic rings. The van der Waals surface area contributed by atoms with E-state index in [1.54, 1.807) is 0 Å². The summed E-state index contributed by atoms with van der Waals surface area (Å²) in [4.78, 5) is 22.8. The van der Waals surface area contributed by atoms with E-state index in [-0.39, 0.29) is 18.7 Å². The quantitative estimate of drug-likeness (QED) is 0.695. The molecule has 0 fully saturated rings. The van der Waals surface area contributed by atoms with Crippen LogP contribution in [0.15, 0.2) is 24.3 Å². The van der Waals surface area contributed by atoms with Gasteiger partial charge < -0.3 is 15.7 Å². The van der Waals surface area contributed by atoms with Gasteiger partial charge in [0, 0.05) is 12.1 Å². The van der Waals surface area contributed by atoms with Crippen molar-refractivity contribution in [3.63, 3.8) is 0 Å². The van der Waals surface area contributed by atoms with Crippen molar-refractivity contribution in [2.24, 2.45) is 0 Å². The first-order chi connectivity index (χ1) is 8.49. The van der Waals surface area contributed by atoms with Gasteiger partial charge in [0.2, 0.25) is 5.91 Å². The molecular formula is C12H15FN2O3. The van der Waals surface area contributed by atoms with Gasteiger partial charge in [-0.25, -0.2) is 4.39 Å². The molecule has 3 N–H and O–H groups in total. The Bertz CT molecular complexity index is 435. The number of halogens is 1. The van der Waals surface area contributed by atoms with E-state index in [2.05, 4.69) is 10.6 Å². The van der Waals surface area contributed by atoms with E-state index in [0.717, 1.165) is 6.07 Å². The predicted molar refractivity (Wildman–Crippen MR) is 63.4 cm³/mol. The fourth-order valence-corrected chi connectivity index (χ4v) is 1.22. The number of rotatable bonds is 5. The summed E-state index contributed by atoms with van der Waals surface area (Å²) >= 11 is 0. The molecule has 18 heavy (non-hydrogen) atoms. The highest BCUT2D eigenvalue weighted by molar-refractivity contribution is 5.96. The van der Waals surface area contributed by atoms with Crippen LogP contribution in [0.3, 0.4) is 0 Å². The summed E-state index contributed by atoms with van der Waals surface area (Å²) in [5.74, 6) is -1.46. The van der Waals surface area contributed by atoms with Gasteiger partial charge in [0.15, 0.2) is 0 Å². The highest BCUT2D eigenvalue weighted by Gasteiger charge is 2.08.